The van der Waals surface area contributed by atoms with E-state index in [1.54, 1.807) is 20.2 Å². The smallest absolute Gasteiger partial charge is 0.243 e. The van der Waals surface area contributed by atoms with Gasteiger partial charge in [0, 0.05) is 38.2 Å². The Balaban J connectivity index is 0.00000300. The van der Waals surface area contributed by atoms with E-state index in [9.17, 15) is 13.6 Å². The maximum atomic E-state index is 14.3. The van der Waals surface area contributed by atoms with E-state index in [1.807, 2.05) is 0 Å². The highest BCUT2D eigenvalue weighted by Crippen LogP contribution is 2.48. The number of amides is 1. The van der Waals surface area contributed by atoms with E-state index in [2.05, 4.69) is 15.6 Å². The summed E-state index contributed by atoms with van der Waals surface area (Å²) >= 11 is 0. The second-order valence-corrected chi connectivity index (χ2v) is 8.19. The van der Waals surface area contributed by atoms with E-state index in [0.717, 1.165) is 31.7 Å². The summed E-state index contributed by atoms with van der Waals surface area (Å²) < 4.78 is 27.5. The van der Waals surface area contributed by atoms with E-state index in [-0.39, 0.29) is 41.8 Å². The normalized spacial score (nSPS) is 18.6. The molecule has 2 N–H and O–H groups in total. The summed E-state index contributed by atoms with van der Waals surface area (Å²) in [5, 5.41) is 6.75. The zero-order chi connectivity index (χ0) is 20.1. The van der Waals surface area contributed by atoms with Crippen molar-refractivity contribution < 1.29 is 13.6 Å². The van der Waals surface area contributed by atoms with Gasteiger partial charge in [-0.05, 0) is 37.3 Å². The summed E-state index contributed by atoms with van der Waals surface area (Å²) in [4.78, 5) is 17.9. The highest BCUT2D eigenvalue weighted by molar-refractivity contribution is 14.0. The van der Waals surface area contributed by atoms with Crippen LogP contribution in [0.25, 0.3) is 0 Å². The van der Waals surface area contributed by atoms with Crippen molar-refractivity contribution in [3.8, 4) is 0 Å². The molecule has 29 heavy (non-hydrogen) atoms. The lowest BCUT2D eigenvalue weighted by atomic mass is 9.95. The molecule has 1 aromatic rings. The number of hydrogen-bond acceptors (Lipinski definition) is 2. The number of carbonyl (C=O) groups excluding carboxylic acids is 1. The van der Waals surface area contributed by atoms with Gasteiger partial charge < -0.3 is 15.5 Å². The molecular formula is C21H31F2IN4O. The van der Waals surface area contributed by atoms with E-state index >= 15 is 0 Å². The van der Waals surface area contributed by atoms with Crippen molar-refractivity contribution in [1.29, 1.82) is 0 Å². The molecule has 0 unspecified atom stereocenters. The molecule has 0 saturated heterocycles. The largest absolute Gasteiger partial charge is 0.355 e. The standard InChI is InChI=1S/C21H30F2N4O.HI/c1-27(2)19(28)13-24-20(26-16-6-4-3-5-7-16)25-14-21(10-11-21)17-9-8-15(22)12-18(17)23;/h8-9,12,16H,3-7,10-11,13-14H2,1-2H3,(H2,24,25,26);1H. The van der Waals surface area contributed by atoms with Crippen LogP contribution in [-0.4, -0.2) is 50.0 Å². The number of carbonyl (C=O) groups is 1. The van der Waals surface area contributed by atoms with Gasteiger partial charge in [-0.1, -0.05) is 25.3 Å². The Morgan fingerprint density at radius 2 is 1.90 bits per heavy atom. The molecule has 0 bridgehead atoms. The number of rotatable bonds is 6. The zero-order valence-electron chi connectivity index (χ0n) is 17.1. The third-order valence-electron chi connectivity index (χ3n) is 5.77. The fraction of sp³-hybridized carbons (Fsp3) is 0.619. The number of likely N-dealkylation sites (N-methyl/N-ethyl adjacent to an activating group) is 1. The van der Waals surface area contributed by atoms with Crippen molar-refractivity contribution in [1.82, 2.24) is 15.5 Å². The van der Waals surface area contributed by atoms with Gasteiger partial charge in [-0.2, -0.15) is 0 Å². The van der Waals surface area contributed by atoms with E-state index < -0.39 is 11.6 Å². The highest BCUT2D eigenvalue weighted by atomic mass is 127. The molecule has 1 amide bonds. The summed E-state index contributed by atoms with van der Waals surface area (Å²) in [6.45, 7) is 0.567. The molecule has 0 heterocycles. The first-order valence-electron chi connectivity index (χ1n) is 10.1. The Kier molecular flexibility index (Phi) is 8.66. The summed E-state index contributed by atoms with van der Waals surface area (Å²) in [5.74, 6) is -0.541. The van der Waals surface area contributed by atoms with Gasteiger partial charge in [-0.15, -0.1) is 24.0 Å². The van der Waals surface area contributed by atoms with Crippen LogP contribution in [0.5, 0.6) is 0 Å². The molecule has 8 heteroatoms. The van der Waals surface area contributed by atoms with Crippen LogP contribution < -0.4 is 10.6 Å². The molecule has 2 saturated carbocycles. The average Bonchev–Trinajstić information content (AvgIpc) is 3.45. The lowest BCUT2D eigenvalue weighted by Gasteiger charge is -2.26. The van der Waals surface area contributed by atoms with Crippen molar-refractivity contribution in [3.05, 3.63) is 35.4 Å². The number of halogens is 3. The summed E-state index contributed by atoms with van der Waals surface area (Å²) in [5.41, 5.74) is 0.209. The minimum absolute atomic E-state index is 0. The van der Waals surface area contributed by atoms with Gasteiger partial charge in [0.15, 0.2) is 5.96 Å². The third kappa shape index (κ3) is 6.52. The van der Waals surface area contributed by atoms with Gasteiger partial charge >= 0.3 is 0 Å². The molecule has 0 aliphatic heterocycles. The van der Waals surface area contributed by atoms with Gasteiger partial charge in [-0.3, -0.25) is 4.79 Å². The van der Waals surface area contributed by atoms with Crippen molar-refractivity contribution in [2.75, 3.05) is 27.2 Å². The minimum Gasteiger partial charge on any atom is -0.355 e. The summed E-state index contributed by atoms with van der Waals surface area (Å²) in [7, 11) is 3.41. The molecule has 0 aromatic heterocycles. The second kappa shape index (κ2) is 10.5. The highest BCUT2D eigenvalue weighted by Gasteiger charge is 2.46. The van der Waals surface area contributed by atoms with Crippen LogP contribution >= 0.6 is 24.0 Å². The van der Waals surface area contributed by atoms with E-state index in [4.69, 9.17) is 0 Å². The molecule has 1 aromatic carbocycles. The van der Waals surface area contributed by atoms with Gasteiger partial charge in [0.1, 0.15) is 18.2 Å². The Morgan fingerprint density at radius 3 is 2.48 bits per heavy atom. The number of benzene rings is 1. The molecule has 0 radical (unpaired) electrons. The number of nitrogens with one attached hydrogen (secondary N) is 2. The first-order valence-corrected chi connectivity index (χ1v) is 10.1. The fourth-order valence-electron chi connectivity index (χ4n) is 3.75. The van der Waals surface area contributed by atoms with Crippen LogP contribution in [-0.2, 0) is 10.2 Å². The molecular weight excluding hydrogens is 489 g/mol. The number of guanidine groups is 1. The van der Waals surface area contributed by atoms with E-state index in [0.29, 0.717) is 24.1 Å². The number of aliphatic imine (C=N–C) groups is 1. The van der Waals surface area contributed by atoms with Crippen molar-refractivity contribution in [2.24, 2.45) is 4.99 Å². The molecule has 0 spiro atoms. The number of nitrogens with zero attached hydrogens (tertiary/aromatic N) is 2. The third-order valence-corrected chi connectivity index (χ3v) is 5.77. The predicted molar refractivity (Wildman–Crippen MR) is 122 cm³/mol. The first-order chi connectivity index (χ1) is 13.4. The Labute approximate surface area is 188 Å². The Hall–Kier alpha value is -1.45. The van der Waals surface area contributed by atoms with Crippen molar-refractivity contribution in [3.63, 3.8) is 0 Å². The summed E-state index contributed by atoms with van der Waals surface area (Å²) in [6.07, 6.45) is 7.48. The monoisotopic (exact) mass is 520 g/mol. The molecule has 2 aliphatic carbocycles. The minimum atomic E-state index is -0.562. The SMILES string of the molecule is CN(C)C(=O)CN=C(NCC1(c2ccc(F)cc2F)CC1)NC1CCCCC1.I. The van der Waals surface area contributed by atoms with Crippen LogP contribution in [0, 0.1) is 11.6 Å². The maximum Gasteiger partial charge on any atom is 0.243 e. The summed E-state index contributed by atoms with van der Waals surface area (Å²) in [6, 6.07) is 4.14. The van der Waals surface area contributed by atoms with Gasteiger partial charge in [-0.25, -0.2) is 13.8 Å². The quantitative estimate of drug-likeness (QED) is 0.343. The van der Waals surface area contributed by atoms with Crippen molar-refractivity contribution >= 4 is 35.8 Å². The van der Waals surface area contributed by atoms with Crippen LogP contribution in [0.1, 0.15) is 50.5 Å². The maximum absolute atomic E-state index is 14.3. The predicted octanol–water partition coefficient (Wildman–Crippen LogP) is 3.57. The lowest BCUT2D eigenvalue weighted by molar-refractivity contribution is -0.127. The van der Waals surface area contributed by atoms with Crippen LogP contribution in [0.15, 0.2) is 23.2 Å². The van der Waals surface area contributed by atoms with Gasteiger partial charge in [0.25, 0.3) is 0 Å². The van der Waals surface area contributed by atoms with Gasteiger partial charge in [0.05, 0.1) is 0 Å². The molecule has 0 atom stereocenters. The average molecular weight is 520 g/mol. The molecule has 3 rings (SSSR count). The zero-order valence-corrected chi connectivity index (χ0v) is 19.5. The van der Waals surface area contributed by atoms with Gasteiger partial charge in [0.2, 0.25) is 5.91 Å². The lowest BCUT2D eigenvalue weighted by Crippen LogP contribution is -2.47. The van der Waals surface area contributed by atoms with Crippen molar-refractivity contribution in [2.45, 2.75) is 56.4 Å². The van der Waals surface area contributed by atoms with Crippen LogP contribution in [0.4, 0.5) is 8.78 Å². The Bertz CT molecular complexity index is 731. The second-order valence-electron chi connectivity index (χ2n) is 8.19. The Morgan fingerprint density at radius 1 is 1.21 bits per heavy atom. The topological polar surface area (TPSA) is 56.7 Å². The first kappa shape index (κ1) is 23.8. The number of hydrogen-bond donors (Lipinski definition) is 2. The molecule has 162 valence electrons. The van der Waals surface area contributed by atoms with Crippen LogP contribution in [0.3, 0.4) is 0 Å². The molecule has 2 fully saturated rings. The van der Waals surface area contributed by atoms with E-state index in [1.165, 1.54) is 30.2 Å². The molecule has 2 aliphatic rings. The van der Waals surface area contributed by atoms with Crippen LogP contribution in [0.2, 0.25) is 0 Å². The fourth-order valence-corrected chi connectivity index (χ4v) is 3.75. The molecule has 5 nitrogen and oxygen atoms in total.